The van der Waals surface area contributed by atoms with E-state index in [1.165, 1.54) is 0 Å². The lowest BCUT2D eigenvalue weighted by atomic mass is 10.1. The smallest absolute Gasteiger partial charge is 0.262 e. The second-order valence-electron chi connectivity index (χ2n) is 4.59. The average molecular weight is 327 g/mol. The number of aromatic nitrogens is 1. The van der Waals surface area contributed by atoms with Crippen molar-refractivity contribution in [1.29, 1.82) is 0 Å². The van der Waals surface area contributed by atoms with Crippen LogP contribution in [0.3, 0.4) is 0 Å². The molecular formula is C13H5F4N3O3. The van der Waals surface area contributed by atoms with Crippen LogP contribution >= 0.6 is 0 Å². The summed E-state index contributed by atoms with van der Waals surface area (Å²) in [5.74, 6) is -10.0. The van der Waals surface area contributed by atoms with Gasteiger partial charge in [0.15, 0.2) is 23.3 Å². The molecule has 6 nitrogen and oxygen atoms in total. The predicted molar refractivity (Wildman–Crippen MR) is 68.1 cm³/mol. The Balaban J connectivity index is 2.46. The summed E-state index contributed by atoms with van der Waals surface area (Å²) in [7, 11) is 0. The zero-order chi connectivity index (χ0) is 17.0. The van der Waals surface area contributed by atoms with Crippen molar-refractivity contribution < 1.29 is 27.2 Å². The van der Waals surface area contributed by atoms with Gasteiger partial charge in [0, 0.05) is 12.1 Å². The Labute approximate surface area is 124 Å². The molecular weight excluding hydrogens is 322 g/mol. The molecule has 0 saturated heterocycles. The second-order valence-corrected chi connectivity index (χ2v) is 4.59. The molecule has 1 aromatic heterocycles. The Kier molecular flexibility index (Phi) is 2.99. The van der Waals surface area contributed by atoms with Crippen molar-refractivity contribution >= 4 is 17.6 Å². The number of halogens is 4. The number of pyridine rings is 1. The average Bonchev–Trinajstić information content (AvgIpc) is 2.75. The van der Waals surface area contributed by atoms with Crippen LogP contribution in [-0.4, -0.2) is 16.4 Å². The van der Waals surface area contributed by atoms with Gasteiger partial charge in [-0.15, -0.1) is 0 Å². The van der Waals surface area contributed by atoms with E-state index in [0.717, 1.165) is 0 Å². The molecule has 0 saturated carbocycles. The minimum absolute atomic E-state index is 0.0427. The molecule has 3 rings (SSSR count). The molecule has 0 spiro atoms. The van der Waals surface area contributed by atoms with Crippen molar-refractivity contribution in [2.75, 3.05) is 5.73 Å². The van der Waals surface area contributed by atoms with Crippen molar-refractivity contribution in [2.45, 2.75) is 0 Å². The summed E-state index contributed by atoms with van der Waals surface area (Å²) in [6.45, 7) is 0. The highest BCUT2D eigenvalue weighted by atomic mass is 19.2. The van der Waals surface area contributed by atoms with Gasteiger partial charge in [-0.25, -0.2) is 17.6 Å². The van der Waals surface area contributed by atoms with Crippen molar-refractivity contribution in [2.24, 2.45) is 0 Å². The van der Waals surface area contributed by atoms with Crippen molar-refractivity contribution in [3.63, 3.8) is 0 Å². The van der Waals surface area contributed by atoms with E-state index in [0.29, 0.717) is 6.07 Å². The van der Waals surface area contributed by atoms with Crippen LogP contribution < -0.4 is 16.6 Å². The van der Waals surface area contributed by atoms with Crippen LogP contribution in [0.25, 0.3) is 5.69 Å². The van der Waals surface area contributed by atoms with Gasteiger partial charge >= 0.3 is 0 Å². The van der Waals surface area contributed by atoms with E-state index < -0.39 is 63.3 Å². The van der Waals surface area contributed by atoms with Crippen LogP contribution in [0, 0.1) is 23.3 Å². The highest BCUT2D eigenvalue weighted by molar-refractivity contribution is 6.23. The first-order valence-electron chi connectivity index (χ1n) is 5.98. The minimum atomic E-state index is -1.87. The van der Waals surface area contributed by atoms with Gasteiger partial charge in [0.2, 0.25) is 0 Å². The number of amides is 2. The minimum Gasteiger partial charge on any atom is -0.384 e. The van der Waals surface area contributed by atoms with Crippen LogP contribution in [0.2, 0.25) is 0 Å². The van der Waals surface area contributed by atoms with Crippen LogP contribution in [0.5, 0.6) is 0 Å². The van der Waals surface area contributed by atoms with E-state index in [-0.39, 0.29) is 10.6 Å². The maximum absolute atomic E-state index is 13.8. The lowest BCUT2D eigenvalue weighted by molar-refractivity contribution is 0.0880. The Hall–Kier alpha value is -3.17. The molecule has 0 unspecified atom stereocenters. The van der Waals surface area contributed by atoms with Crippen LogP contribution in [0.15, 0.2) is 16.9 Å². The fourth-order valence-corrected chi connectivity index (χ4v) is 2.27. The Morgan fingerprint density at radius 2 is 1.48 bits per heavy atom. The van der Waals surface area contributed by atoms with E-state index in [2.05, 4.69) is 0 Å². The summed E-state index contributed by atoms with van der Waals surface area (Å²) >= 11 is 0. The monoisotopic (exact) mass is 327 g/mol. The number of carbonyl (C=O) groups excluding carboxylic acids is 2. The highest BCUT2D eigenvalue weighted by Crippen LogP contribution is 2.27. The number of nitrogens with one attached hydrogen (secondary N) is 1. The van der Waals surface area contributed by atoms with Crippen LogP contribution in [0.4, 0.5) is 23.4 Å². The third kappa shape index (κ3) is 1.91. The molecule has 0 fully saturated rings. The number of hydrogen-bond donors (Lipinski definition) is 2. The quantitative estimate of drug-likeness (QED) is 0.461. The molecule has 0 aliphatic carbocycles. The molecule has 23 heavy (non-hydrogen) atoms. The Morgan fingerprint density at radius 1 is 0.913 bits per heavy atom. The molecule has 118 valence electrons. The lowest BCUT2D eigenvalue weighted by Gasteiger charge is -2.14. The maximum atomic E-state index is 13.8. The molecule has 2 heterocycles. The standard InChI is InChI=1S/C13H5F4N3O3/c14-4-2-5(15)9(17)10(8(4)16)20-6(21)1-3-7(11(20)18)13(23)19-12(3)22/h1-2H,18H2,(H,19,22,23). The molecule has 10 heteroatoms. The van der Waals surface area contributed by atoms with Gasteiger partial charge in [-0.3, -0.25) is 24.3 Å². The van der Waals surface area contributed by atoms with E-state index in [9.17, 15) is 31.9 Å². The van der Waals surface area contributed by atoms with Gasteiger partial charge < -0.3 is 5.73 Å². The number of fused-ring (bicyclic) bond motifs is 1. The number of nitrogen functional groups attached to an aromatic ring is 1. The van der Waals surface area contributed by atoms with Crippen LogP contribution in [-0.2, 0) is 0 Å². The maximum Gasteiger partial charge on any atom is 0.262 e. The van der Waals surface area contributed by atoms with Gasteiger partial charge in [-0.1, -0.05) is 0 Å². The first kappa shape index (κ1) is 14.8. The number of rotatable bonds is 1. The molecule has 2 aromatic rings. The number of carbonyl (C=O) groups is 2. The van der Waals surface area contributed by atoms with Crippen molar-refractivity contribution in [3.05, 3.63) is 56.9 Å². The van der Waals surface area contributed by atoms with E-state index in [1.54, 1.807) is 0 Å². The second kappa shape index (κ2) is 4.66. The molecule has 1 aliphatic rings. The molecule has 0 radical (unpaired) electrons. The van der Waals surface area contributed by atoms with E-state index in [1.807, 2.05) is 5.32 Å². The van der Waals surface area contributed by atoms with E-state index in [4.69, 9.17) is 5.73 Å². The normalized spacial score (nSPS) is 13.2. The van der Waals surface area contributed by atoms with Gasteiger partial charge in [-0.2, -0.15) is 0 Å². The van der Waals surface area contributed by atoms with Gasteiger partial charge in [0.05, 0.1) is 11.1 Å². The number of imide groups is 1. The number of hydrogen-bond acceptors (Lipinski definition) is 4. The zero-order valence-corrected chi connectivity index (χ0v) is 10.9. The van der Waals surface area contributed by atoms with Crippen molar-refractivity contribution in [1.82, 2.24) is 9.88 Å². The topological polar surface area (TPSA) is 94.2 Å². The Bertz CT molecular complexity index is 942. The number of nitrogens with two attached hydrogens (primary N) is 1. The molecule has 1 aromatic carbocycles. The molecule has 1 aliphatic heterocycles. The summed E-state index contributed by atoms with van der Waals surface area (Å²) in [5.41, 5.74) is 1.96. The van der Waals surface area contributed by atoms with Gasteiger partial charge in [-0.05, 0) is 0 Å². The highest BCUT2D eigenvalue weighted by Gasteiger charge is 2.33. The summed E-state index contributed by atoms with van der Waals surface area (Å²) in [4.78, 5) is 35.1. The largest absolute Gasteiger partial charge is 0.384 e. The molecule has 0 atom stereocenters. The summed E-state index contributed by atoms with van der Waals surface area (Å²) in [6.07, 6.45) is 0. The predicted octanol–water partition coefficient (Wildman–Crippen LogP) is 0.860. The third-order valence-electron chi connectivity index (χ3n) is 3.27. The lowest BCUT2D eigenvalue weighted by Crippen LogP contribution is -2.26. The van der Waals surface area contributed by atoms with Crippen LogP contribution in [0.1, 0.15) is 20.7 Å². The first-order valence-corrected chi connectivity index (χ1v) is 5.98. The van der Waals surface area contributed by atoms with Gasteiger partial charge in [0.1, 0.15) is 11.5 Å². The third-order valence-corrected chi connectivity index (χ3v) is 3.27. The zero-order valence-electron chi connectivity index (χ0n) is 10.9. The fraction of sp³-hybridized carbons (Fsp3) is 0. The SMILES string of the molecule is Nc1c2c(cc(=O)n1-c1c(F)c(F)cc(F)c1F)C(=O)NC2=O. The molecule has 3 N–H and O–H groups in total. The summed E-state index contributed by atoms with van der Waals surface area (Å²) in [5, 5.41) is 1.84. The van der Waals surface area contributed by atoms with E-state index >= 15 is 0 Å². The summed E-state index contributed by atoms with van der Waals surface area (Å²) in [6, 6.07) is 0.548. The van der Waals surface area contributed by atoms with Gasteiger partial charge in [0.25, 0.3) is 17.4 Å². The van der Waals surface area contributed by atoms with Crippen molar-refractivity contribution in [3.8, 4) is 5.69 Å². The fourth-order valence-electron chi connectivity index (χ4n) is 2.27. The Morgan fingerprint density at radius 3 is 2.04 bits per heavy atom. The molecule has 0 bridgehead atoms. The molecule has 2 amide bonds. The summed E-state index contributed by atoms with van der Waals surface area (Å²) < 4.78 is 54.4. The first-order chi connectivity index (χ1) is 10.7. The number of nitrogens with zero attached hydrogens (tertiary/aromatic N) is 1. The number of benzene rings is 1. The number of anilines is 1.